The van der Waals surface area contributed by atoms with Gasteiger partial charge in [0.1, 0.15) is 5.75 Å². The molecule has 0 heterocycles. The van der Waals surface area contributed by atoms with Crippen LogP contribution in [0.1, 0.15) is 36.8 Å². The lowest BCUT2D eigenvalue weighted by atomic mass is 9.93. The summed E-state index contributed by atoms with van der Waals surface area (Å²) in [6.07, 6.45) is 4.88. The fourth-order valence-electron chi connectivity index (χ4n) is 2.50. The lowest BCUT2D eigenvalue weighted by Crippen LogP contribution is -2.34. The van der Waals surface area contributed by atoms with Crippen LogP contribution in [-0.2, 0) is 0 Å². The van der Waals surface area contributed by atoms with Gasteiger partial charge < -0.3 is 10.1 Å². The lowest BCUT2D eigenvalue weighted by molar-refractivity contribution is 0.141. The van der Waals surface area contributed by atoms with Crippen LogP contribution in [0.15, 0.2) is 18.2 Å². The van der Waals surface area contributed by atoms with E-state index < -0.39 is 0 Å². The maximum absolute atomic E-state index is 8.89. The van der Waals surface area contributed by atoms with Crippen LogP contribution in [0.25, 0.3) is 0 Å². The van der Waals surface area contributed by atoms with Gasteiger partial charge in [-0.1, -0.05) is 0 Å². The Balaban J connectivity index is 1.94. The van der Waals surface area contributed by atoms with E-state index in [0.29, 0.717) is 12.1 Å². The summed E-state index contributed by atoms with van der Waals surface area (Å²) in [4.78, 5) is 0. The van der Waals surface area contributed by atoms with Crippen LogP contribution in [0.4, 0.5) is 0 Å². The molecule has 0 saturated heterocycles. The number of nitrogens with zero attached hydrogens (tertiary/aromatic N) is 1. The van der Waals surface area contributed by atoms with Crippen molar-refractivity contribution in [2.75, 3.05) is 7.05 Å². The van der Waals surface area contributed by atoms with Crippen LogP contribution in [0.2, 0.25) is 0 Å². The Labute approximate surface area is 109 Å². The molecule has 1 saturated carbocycles. The molecule has 0 unspecified atom stereocenters. The Hall–Kier alpha value is -1.53. The molecule has 0 radical (unpaired) electrons. The molecule has 1 aliphatic rings. The normalized spacial score (nSPS) is 23.4. The Bertz CT molecular complexity index is 442. The SMILES string of the molecule is CNC1CCC(Oc2ccc(C#N)c(C)c2)CC1. The second-order valence-corrected chi connectivity index (χ2v) is 4.97. The quantitative estimate of drug-likeness (QED) is 0.889. The van der Waals surface area contributed by atoms with Gasteiger partial charge >= 0.3 is 0 Å². The van der Waals surface area contributed by atoms with E-state index in [1.807, 2.05) is 32.2 Å². The molecular formula is C15H20N2O. The van der Waals surface area contributed by atoms with Crippen molar-refractivity contribution in [3.63, 3.8) is 0 Å². The highest BCUT2D eigenvalue weighted by atomic mass is 16.5. The molecule has 1 aromatic rings. The van der Waals surface area contributed by atoms with E-state index in [9.17, 15) is 0 Å². The minimum Gasteiger partial charge on any atom is -0.490 e. The summed E-state index contributed by atoms with van der Waals surface area (Å²) in [7, 11) is 2.02. The van der Waals surface area contributed by atoms with Gasteiger partial charge in [0.15, 0.2) is 0 Å². The van der Waals surface area contributed by atoms with Crippen LogP contribution < -0.4 is 10.1 Å². The first-order chi connectivity index (χ1) is 8.72. The standard InChI is InChI=1S/C15H20N2O/c1-11-9-15(6-3-12(11)10-16)18-14-7-4-13(17-2)5-8-14/h3,6,9,13-14,17H,4-5,7-8H2,1-2H3. The lowest BCUT2D eigenvalue weighted by Gasteiger charge is -2.28. The number of hydrogen-bond donors (Lipinski definition) is 1. The van der Waals surface area contributed by atoms with Crippen molar-refractivity contribution in [2.45, 2.75) is 44.8 Å². The van der Waals surface area contributed by atoms with E-state index in [2.05, 4.69) is 11.4 Å². The van der Waals surface area contributed by atoms with E-state index in [0.717, 1.165) is 29.7 Å². The van der Waals surface area contributed by atoms with Crippen molar-refractivity contribution in [1.29, 1.82) is 5.26 Å². The second-order valence-electron chi connectivity index (χ2n) is 4.97. The van der Waals surface area contributed by atoms with Gasteiger partial charge in [-0.15, -0.1) is 0 Å². The highest BCUT2D eigenvalue weighted by Gasteiger charge is 2.21. The smallest absolute Gasteiger partial charge is 0.120 e. The fraction of sp³-hybridized carbons (Fsp3) is 0.533. The summed E-state index contributed by atoms with van der Waals surface area (Å²) in [5, 5.41) is 12.2. The third-order valence-corrected chi connectivity index (χ3v) is 3.70. The van der Waals surface area contributed by atoms with E-state index in [1.165, 1.54) is 12.8 Å². The number of nitriles is 1. The van der Waals surface area contributed by atoms with Crippen molar-refractivity contribution in [3.05, 3.63) is 29.3 Å². The van der Waals surface area contributed by atoms with Gasteiger partial charge in [0, 0.05) is 6.04 Å². The maximum Gasteiger partial charge on any atom is 0.120 e. The van der Waals surface area contributed by atoms with Crippen LogP contribution in [0.5, 0.6) is 5.75 Å². The topological polar surface area (TPSA) is 45.0 Å². The molecule has 0 spiro atoms. The zero-order chi connectivity index (χ0) is 13.0. The van der Waals surface area contributed by atoms with Crippen molar-refractivity contribution in [2.24, 2.45) is 0 Å². The van der Waals surface area contributed by atoms with Crippen LogP contribution >= 0.6 is 0 Å². The van der Waals surface area contributed by atoms with Crippen molar-refractivity contribution < 1.29 is 4.74 Å². The highest BCUT2D eigenvalue weighted by molar-refractivity contribution is 5.41. The van der Waals surface area contributed by atoms with Crippen molar-refractivity contribution in [1.82, 2.24) is 5.32 Å². The van der Waals surface area contributed by atoms with Gasteiger partial charge in [0.2, 0.25) is 0 Å². The third kappa shape index (κ3) is 3.02. The van der Waals surface area contributed by atoms with Crippen LogP contribution in [0, 0.1) is 18.3 Å². The van der Waals surface area contributed by atoms with Gasteiger partial charge in [-0.2, -0.15) is 5.26 Å². The second kappa shape index (κ2) is 5.88. The Morgan fingerprint density at radius 1 is 1.28 bits per heavy atom. The number of benzene rings is 1. The Kier molecular flexibility index (Phi) is 4.22. The van der Waals surface area contributed by atoms with Gasteiger partial charge in [0.05, 0.1) is 17.7 Å². The number of nitrogens with one attached hydrogen (secondary N) is 1. The monoisotopic (exact) mass is 244 g/mol. The molecule has 2 rings (SSSR count). The minimum atomic E-state index is 0.321. The predicted octanol–water partition coefficient (Wildman–Crippen LogP) is 2.78. The summed E-state index contributed by atoms with van der Waals surface area (Å²) in [5.41, 5.74) is 1.71. The van der Waals surface area contributed by atoms with Crippen molar-refractivity contribution >= 4 is 0 Å². The molecular weight excluding hydrogens is 224 g/mol. The zero-order valence-corrected chi connectivity index (χ0v) is 11.1. The van der Waals surface area contributed by atoms with Gasteiger partial charge in [-0.25, -0.2) is 0 Å². The molecule has 96 valence electrons. The maximum atomic E-state index is 8.89. The third-order valence-electron chi connectivity index (χ3n) is 3.70. The minimum absolute atomic E-state index is 0.321. The molecule has 0 atom stereocenters. The number of ether oxygens (including phenoxy) is 1. The first kappa shape index (κ1) is 12.9. The average Bonchev–Trinajstić information content (AvgIpc) is 2.40. The summed E-state index contributed by atoms with van der Waals surface area (Å²) in [5.74, 6) is 0.888. The van der Waals surface area contributed by atoms with E-state index in [-0.39, 0.29) is 0 Å². The molecule has 0 bridgehead atoms. The summed E-state index contributed by atoms with van der Waals surface area (Å²) >= 11 is 0. The van der Waals surface area contributed by atoms with E-state index in [4.69, 9.17) is 10.00 Å². The molecule has 1 aromatic carbocycles. The first-order valence-corrected chi connectivity index (χ1v) is 6.57. The molecule has 3 heteroatoms. The zero-order valence-electron chi connectivity index (χ0n) is 11.1. The number of hydrogen-bond acceptors (Lipinski definition) is 3. The number of aryl methyl sites for hydroxylation is 1. The van der Waals surface area contributed by atoms with E-state index in [1.54, 1.807) is 0 Å². The molecule has 0 amide bonds. The molecule has 0 aliphatic heterocycles. The fourth-order valence-corrected chi connectivity index (χ4v) is 2.50. The Morgan fingerprint density at radius 2 is 2.00 bits per heavy atom. The Morgan fingerprint density at radius 3 is 2.56 bits per heavy atom. The van der Waals surface area contributed by atoms with Crippen LogP contribution in [-0.4, -0.2) is 19.2 Å². The summed E-state index contributed by atoms with van der Waals surface area (Å²) in [6, 6.07) is 8.52. The molecule has 3 nitrogen and oxygen atoms in total. The molecule has 1 aliphatic carbocycles. The molecule has 1 N–H and O–H groups in total. The molecule has 18 heavy (non-hydrogen) atoms. The summed E-state index contributed by atoms with van der Waals surface area (Å²) in [6.45, 7) is 1.95. The van der Waals surface area contributed by atoms with Gasteiger partial charge in [-0.3, -0.25) is 0 Å². The predicted molar refractivity (Wildman–Crippen MR) is 71.6 cm³/mol. The van der Waals surface area contributed by atoms with Gasteiger partial charge in [-0.05, 0) is 63.4 Å². The van der Waals surface area contributed by atoms with E-state index >= 15 is 0 Å². The summed E-state index contributed by atoms with van der Waals surface area (Å²) < 4.78 is 5.99. The molecule has 0 aromatic heterocycles. The largest absolute Gasteiger partial charge is 0.490 e. The van der Waals surface area contributed by atoms with Crippen molar-refractivity contribution in [3.8, 4) is 11.8 Å². The van der Waals surface area contributed by atoms with Gasteiger partial charge in [0.25, 0.3) is 0 Å². The molecule has 1 fully saturated rings. The first-order valence-electron chi connectivity index (χ1n) is 6.57. The highest BCUT2D eigenvalue weighted by Crippen LogP contribution is 2.25. The van der Waals surface area contributed by atoms with Crippen LogP contribution in [0.3, 0.4) is 0 Å². The average molecular weight is 244 g/mol. The number of rotatable bonds is 3.